The largest absolute Gasteiger partial charge is 0.0683 e. The minimum atomic E-state index is 1.02. The van der Waals surface area contributed by atoms with Crippen molar-refractivity contribution in [2.75, 3.05) is 0 Å². The van der Waals surface area contributed by atoms with Crippen molar-refractivity contribution < 1.29 is 0 Å². The van der Waals surface area contributed by atoms with Crippen LogP contribution in [0, 0.1) is 23.7 Å². The van der Waals surface area contributed by atoms with Crippen LogP contribution in [0.1, 0.15) is 36.1 Å². The lowest BCUT2D eigenvalue weighted by Crippen LogP contribution is -1.82. The molecule has 0 spiro atoms. The number of hydrogen-bond acceptors (Lipinski definition) is 0. The van der Waals surface area contributed by atoms with Crippen molar-refractivity contribution in [3.05, 3.63) is 131 Å². The topological polar surface area (TPSA) is 0 Å². The maximum Gasteiger partial charge on any atom is 0.0255 e. The standard InChI is InChI=1S/C30H18.C2H6/c1-3-7-23(8-4-1)11-13-25-15-17-27-22-30-20-26(14-12-24-9-5-2-6-10-24)16-18-28(30)21-29(27)19-25;1-2/h1-10,15-22H;1-2H3. The zero-order valence-corrected chi connectivity index (χ0v) is 18.4. The molecule has 0 heteroatoms. The molecule has 0 heterocycles. The van der Waals surface area contributed by atoms with Crippen LogP contribution >= 0.6 is 0 Å². The maximum atomic E-state index is 3.27. The van der Waals surface area contributed by atoms with Crippen molar-refractivity contribution in [3.8, 4) is 23.7 Å². The van der Waals surface area contributed by atoms with Crippen LogP contribution < -0.4 is 0 Å². The second-order valence-corrected chi connectivity index (χ2v) is 7.21. The van der Waals surface area contributed by atoms with E-state index in [1.807, 2.05) is 74.5 Å². The van der Waals surface area contributed by atoms with E-state index in [2.05, 4.69) is 72.2 Å². The summed E-state index contributed by atoms with van der Waals surface area (Å²) in [5.41, 5.74) is 4.10. The number of rotatable bonds is 0. The van der Waals surface area contributed by atoms with E-state index in [-0.39, 0.29) is 0 Å². The summed E-state index contributed by atoms with van der Waals surface area (Å²) in [4.78, 5) is 0. The van der Waals surface area contributed by atoms with Crippen molar-refractivity contribution in [1.29, 1.82) is 0 Å². The molecule has 0 unspecified atom stereocenters. The van der Waals surface area contributed by atoms with E-state index in [9.17, 15) is 0 Å². The van der Waals surface area contributed by atoms with Crippen LogP contribution in [0.25, 0.3) is 21.5 Å². The van der Waals surface area contributed by atoms with E-state index in [4.69, 9.17) is 0 Å². The molecule has 5 aromatic carbocycles. The molecule has 0 amide bonds. The fourth-order valence-corrected chi connectivity index (χ4v) is 3.48. The molecule has 152 valence electrons. The van der Waals surface area contributed by atoms with Gasteiger partial charge >= 0.3 is 0 Å². The molecular formula is C32H24. The molecule has 32 heavy (non-hydrogen) atoms. The highest BCUT2D eigenvalue weighted by Crippen LogP contribution is 2.24. The first-order chi connectivity index (χ1) is 15.8. The number of hydrogen-bond donors (Lipinski definition) is 0. The summed E-state index contributed by atoms with van der Waals surface area (Å²) < 4.78 is 0. The smallest absolute Gasteiger partial charge is 0.0255 e. The summed E-state index contributed by atoms with van der Waals surface area (Å²) in [6.45, 7) is 4.00. The van der Waals surface area contributed by atoms with Gasteiger partial charge in [0.2, 0.25) is 0 Å². The van der Waals surface area contributed by atoms with E-state index >= 15 is 0 Å². The van der Waals surface area contributed by atoms with E-state index in [1.54, 1.807) is 0 Å². The van der Waals surface area contributed by atoms with Crippen LogP contribution in [0.3, 0.4) is 0 Å². The third-order valence-corrected chi connectivity index (χ3v) is 5.05. The Balaban J connectivity index is 0.00000119. The highest BCUT2D eigenvalue weighted by molar-refractivity contribution is 5.99. The summed E-state index contributed by atoms with van der Waals surface area (Å²) in [6.07, 6.45) is 0. The minimum Gasteiger partial charge on any atom is -0.0683 e. The quantitative estimate of drug-likeness (QED) is 0.181. The van der Waals surface area contributed by atoms with Gasteiger partial charge < -0.3 is 0 Å². The molecule has 0 aliphatic heterocycles. The first kappa shape index (κ1) is 21.0. The van der Waals surface area contributed by atoms with Crippen LogP contribution in [0.5, 0.6) is 0 Å². The molecule has 0 N–H and O–H groups in total. The lowest BCUT2D eigenvalue weighted by atomic mass is 10.00. The van der Waals surface area contributed by atoms with Crippen molar-refractivity contribution in [3.63, 3.8) is 0 Å². The Kier molecular flexibility index (Phi) is 6.67. The SMILES string of the molecule is C(#Cc1ccc2cc3cc(C#Cc4ccccc4)ccc3cc2c1)c1ccccc1.CC. The number of fused-ring (bicyclic) bond motifs is 2. The van der Waals surface area contributed by atoms with Crippen molar-refractivity contribution in [2.24, 2.45) is 0 Å². The first-order valence-corrected chi connectivity index (χ1v) is 11.0. The Morgan fingerprint density at radius 1 is 0.344 bits per heavy atom. The highest BCUT2D eigenvalue weighted by atomic mass is 14.0. The molecule has 0 saturated heterocycles. The zero-order valence-electron chi connectivity index (χ0n) is 18.4. The van der Waals surface area contributed by atoms with Gasteiger partial charge in [0.1, 0.15) is 0 Å². The minimum absolute atomic E-state index is 1.02. The Morgan fingerprint density at radius 3 is 1.12 bits per heavy atom. The molecule has 0 radical (unpaired) electrons. The van der Waals surface area contributed by atoms with Crippen LogP contribution in [0.2, 0.25) is 0 Å². The van der Waals surface area contributed by atoms with Crippen LogP contribution in [-0.4, -0.2) is 0 Å². The Labute approximate surface area is 190 Å². The van der Waals surface area contributed by atoms with Gasteiger partial charge in [0.05, 0.1) is 0 Å². The predicted molar refractivity (Wildman–Crippen MR) is 138 cm³/mol. The van der Waals surface area contributed by atoms with Crippen molar-refractivity contribution in [1.82, 2.24) is 0 Å². The van der Waals surface area contributed by atoms with Gasteiger partial charge in [-0.15, -0.1) is 0 Å². The third-order valence-electron chi connectivity index (χ3n) is 5.05. The lowest BCUT2D eigenvalue weighted by molar-refractivity contribution is 1.50. The van der Waals surface area contributed by atoms with Crippen LogP contribution in [-0.2, 0) is 0 Å². The normalized spacial score (nSPS) is 9.69. The van der Waals surface area contributed by atoms with E-state index in [0.717, 1.165) is 22.3 Å². The molecule has 0 aromatic heterocycles. The molecule has 0 fully saturated rings. The summed E-state index contributed by atoms with van der Waals surface area (Å²) in [6, 6.07) is 37.4. The van der Waals surface area contributed by atoms with Gasteiger partial charge in [-0.2, -0.15) is 0 Å². The second-order valence-electron chi connectivity index (χ2n) is 7.21. The summed E-state index contributed by atoms with van der Waals surface area (Å²) in [7, 11) is 0. The first-order valence-electron chi connectivity index (χ1n) is 11.0. The molecular weight excluding hydrogens is 384 g/mol. The van der Waals surface area contributed by atoms with Gasteiger partial charge in [-0.1, -0.05) is 86.1 Å². The summed E-state index contributed by atoms with van der Waals surface area (Å²) in [5, 5.41) is 4.82. The fourth-order valence-electron chi connectivity index (χ4n) is 3.48. The fraction of sp³-hybridized carbons (Fsp3) is 0.0625. The Bertz CT molecular complexity index is 1350. The van der Waals surface area contributed by atoms with Gasteiger partial charge in [0.25, 0.3) is 0 Å². The molecule has 0 bridgehead atoms. The molecule has 0 aliphatic carbocycles. The van der Waals surface area contributed by atoms with E-state index in [0.29, 0.717) is 0 Å². The summed E-state index contributed by atoms with van der Waals surface area (Å²) >= 11 is 0. The molecule has 0 nitrogen and oxygen atoms in total. The van der Waals surface area contributed by atoms with Crippen LogP contribution in [0.15, 0.2) is 109 Å². The molecule has 5 rings (SSSR count). The average molecular weight is 409 g/mol. The van der Waals surface area contributed by atoms with E-state index in [1.165, 1.54) is 21.5 Å². The average Bonchev–Trinajstić information content (AvgIpc) is 2.87. The monoisotopic (exact) mass is 408 g/mol. The molecule has 0 aliphatic rings. The van der Waals surface area contributed by atoms with Crippen LogP contribution in [0.4, 0.5) is 0 Å². The van der Waals surface area contributed by atoms with Gasteiger partial charge in [-0.05, 0) is 82.2 Å². The highest BCUT2D eigenvalue weighted by Gasteiger charge is 2.00. The van der Waals surface area contributed by atoms with Gasteiger partial charge in [0.15, 0.2) is 0 Å². The lowest BCUT2D eigenvalue weighted by Gasteiger charge is -2.04. The maximum absolute atomic E-state index is 3.27. The molecule has 0 atom stereocenters. The van der Waals surface area contributed by atoms with Gasteiger partial charge in [0, 0.05) is 22.3 Å². The zero-order chi connectivity index (χ0) is 22.2. The van der Waals surface area contributed by atoms with Crippen molar-refractivity contribution in [2.45, 2.75) is 13.8 Å². The third kappa shape index (κ3) is 5.07. The van der Waals surface area contributed by atoms with Gasteiger partial charge in [-0.25, -0.2) is 0 Å². The van der Waals surface area contributed by atoms with Gasteiger partial charge in [-0.3, -0.25) is 0 Å². The summed E-state index contributed by atoms with van der Waals surface area (Å²) in [5.74, 6) is 13.0. The molecule has 0 saturated carbocycles. The Hall–Kier alpha value is -4.26. The number of benzene rings is 5. The Morgan fingerprint density at radius 2 is 0.719 bits per heavy atom. The second kappa shape index (κ2) is 10.2. The predicted octanol–water partition coefficient (Wildman–Crippen LogP) is 7.82. The van der Waals surface area contributed by atoms with E-state index < -0.39 is 0 Å². The molecule has 5 aromatic rings. The van der Waals surface area contributed by atoms with Crippen molar-refractivity contribution >= 4 is 21.5 Å².